The summed E-state index contributed by atoms with van der Waals surface area (Å²) in [7, 11) is 1.52. The smallest absolute Gasteiger partial charge is 0.323 e. The molecule has 1 aromatic carbocycles. The average Bonchev–Trinajstić information content (AvgIpc) is 2.17. The zero-order valence-corrected chi connectivity index (χ0v) is 9.91. The summed E-state index contributed by atoms with van der Waals surface area (Å²) in [6, 6.07) is 5.10. The number of methoxy groups -OCH3 is 1. The Labute approximate surface area is 99.0 Å². The van der Waals surface area contributed by atoms with Crippen LogP contribution in [0.5, 0.6) is 5.75 Å². The predicted molar refractivity (Wildman–Crippen MR) is 61.9 cm³/mol. The van der Waals surface area contributed by atoms with Crippen molar-refractivity contribution in [3.63, 3.8) is 0 Å². The predicted octanol–water partition coefficient (Wildman–Crippen LogP) is 1.69. The van der Waals surface area contributed by atoms with Gasteiger partial charge < -0.3 is 15.6 Å². The monoisotopic (exact) mass is 243 g/mol. The molecule has 0 aromatic heterocycles. The first kappa shape index (κ1) is 12.8. The maximum atomic E-state index is 10.9. The third-order valence-corrected chi connectivity index (χ3v) is 2.57. The molecule has 0 saturated heterocycles. The van der Waals surface area contributed by atoms with Crippen molar-refractivity contribution in [3.05, 3.63) is 28.8 Å². The average molecular weight is 244 g/mol. The van der Waals surface area contributed by atoms with Gasteiger partial charge in [-0.3, -0.25) is 4.79 Å². The summed E-state index contributed by atoms with van der Waals surface area (Å²) >= 11 is 5.92. The van der Waals surface area contributed by atoms with Gasteiger partial charge in [-0.05, 0) is 24.6 Å². The molecule has 1 aromatic rings. The van der Waals surface area contributed by atoms with Crippen molar-refractivity contribution in [2.45, 2.75) is 18.9 Å². The SMILES string of the molecule is COc1ccc(CC(C)(N)C(=O)O)cc1Cl. The van der Waals surface area contributed by atoms with E-state index in [2.05, 4.69) is 0 Å². The van der Waals surface area contributed by atoms with Gasteiger partial charge in [-0.15, -0.1) is 0 Å². The van der Waals surface area contributed by atoms with Gasteiger partial charge in [-0.2, -0.15) is 0 Å². The molecule has 0 aliphatic rings. The van der Waals surface area contributed by atoms with E-state index in [1.165, 1.54) is 14.0 Å². The highest BCUT2D eigenvalue weighted by atomic mass is 35.5. The van der Waals surface area contributed by atoms with Crippen LogP contribution in [0.3, 0.4) is 0 Å². The van der Waals surface area contributed by atoms with Gasteiger partial charge in [0, 0.05) is 6.42 Å². The molecule has 0 amide bonds. The molecule has 1 atom stereocenters. The van der Waals surface area contributed by atoms with Crippen LogP contribution < -0.4 is 10.5 Å². The van der Waals surface area contributed by atoms with E-state index in [-0.39, 0.29) is 6.42 Å². The molecule has 0 aliphatic carbocycles. The van der Waals surface area contributed by atoms with Gasteiger partial charge >= 0.3 is 5.97 Å². The van der Waals surface area contributed by atoms with E-state index in [1.807, 2.05) is 0 Å². The molecule has 3 N–H and O–H groups in total. The molecular weight excluding hydrogens is 230 g/mol. The zero-order valence-electron chi connectivity index (χ0n) is 9.16. The van der Waals surface area contributed by atoms with Gasteiger partial charge in [0.1, 0.15) is 11.3 Å². The fraction of sp³-hybridized carbons (Fsp3) is 0.364. The summed E-state index contributed by atoms with van der Waals surface area (Å²) in [6.45, 7) is 1.47. The van der Waals surface area contributed by atoms with Crippen LogP contribution in [-0.4, -0.2) is 23.7 Å². The van der Waals surface area contributed by atoms with E-state index in [9.17, 15) is 4.79 Å². The van der Waals surface area contributed by atoms with Crippen LogP contribution in [0.25, 0.3) is 0 Å². The van der Waals surface area contributed by atoms with Gasteiger partial charge in [0.15, 0.2) is 0 Å². The number of carboxylic acid groups (broad SMARTS) is 1. The summed E-state index contributed by atoms with van der Waals surface area (Å²) in [5, 5.41) is 9.34. The molecule has 1 unspecified atom stereocenters. The highest BCUT2D eigenvalue weighted by Crippen LogP contribution is 2.26. The van der Waals surface area contributed by atoms with Gasteiger partial charge in [0.05, 0.1) is 12.1 Å². The van der Waals surface area contributed by atoms with Gasteiger partial charge in [0.2, 0.25) is 0 Å². The minimum Gasteiger partial charge on any atom is -0.495 e. The van der Waals surface area contributed by atoms with Crippen LogP contribution in [-0.2, 0) is 11.2 Å². The molecule has 16 heavy (non-hydrogen) atoms. The number of halogens is 1. The molecular formula is C11H14ClNO3. The molecule has 0 bridgehead atoms. The van der Waals surface area contributed by atoms with Crippen LogP contribution in [0.15, 0.2) is 18.2 Å². The molecule has 88 valence electrons. The number of rotatable bonds is 4. The van der Waals surface area contributed by atoms with Crippen LogP contribution in [0.4, 0.5) is 0 Å². The first-order valence-corrected chi connectivity index (χ1v) is 5.09. The Bertz CT molecular complexity index is 404. The lowest BCUT2D eigenvalue weighted by Crippen LogP contribution is -2.46. The van der Waals surface area contributed by atoms with Crippen LogP contribution in [0, 0.1) is 0 Å². The summed E-state index contributed by atoms with van der Waals surface area (Å²) in [4.78, 5) is 10.9. The van der Waals surface area contributed by atoms with Gasteiger partial charge in [-0.1, -0.05) is 17.7 Å². The van der Waals surface area contributed by atoms with Crippen molar-refractivity contribution >= 4 is 17.6 Å². The number of benzene rings is 1. The Morgan fingerprint density at radius 2 is 2.25 bits per heavy atom. The first-order valence-electron chi connectivity index (χ1n) is 4.71. The Morgan fingerprint density at radius 1 is 1.62 bits per heavy atom. The van der Waals surface area contributed by atoms with Gasteiger partial charge in [0.25, 0.3) is 0 Å². The molecule has 0 aliphatic heterocycles. The lowest BCUT2D eigenvalue weighted by atomic mass is 9.94. The normalized spacial score (nSPS) is 14.2. The second-order valence-electron chi connectivity index (χ2n) is 3.87. The lowest BCUT2D eigenvalue weighted by Gasteiger charge is -2.19. The quantitative estimate of drug-likeness (QED) is 0.844. The zero-order chi connectivity index (χ0) is 12.3. The number of carboxylic acids is 1. The molecule has 0 fully saturated rings. The Hall–Kier alpha value is -1.26. The first-order chi connectivity index (χ1) is 7.36. The molecule has 0 saturated carbocycles. The molecule has 0 heterocycles. The van der Waals surface area contributed by atoms with Crippen molar-refractivity contribution in [1.29, 1.82) is 0 Å². The van der Waals surface area contributed by atoms with Crippen molar-refractivity contribution in [2.24, 2.45) is 5.73 Å². The second kappa shape index (κ2) is 4.72. The number of aliphatic carboxylic acids is 1. The summed E-state index contributed by atoms with van der Waals surface area (Å²) < 4.78 is 5.00. The van der Waals surface area contributed by atoms with E-state index in [1.54, 1.807) is 18.2 Å². The number of hydrogen-bond donors (Lipinski definition) is 2. The molecule has 0 spiro atoms. The number of nitrogens with two attached hydrogens (primary N) is 1. The van der Waals surface area contributed by atoms with E-state index in [4.69, 9.17) is 27.2 Å². The summed E-state index contributed by atoms with van der Waals surface area (Å²) in [5.41, 5.74) is 5.11. The van der Waals surface area contributed by atoms with E-state index < -0.39 is 11.5 Å². The molecule has 4 nitrogen and oxygen atoms in total. The fourth-order valence-electron chi connectivity index (χ4n) is 1.32. The van der Waals surface area contributed by atoms with E-state index in [0.29, 0.717) is 10.8 Å². The largest absolute Gasteiger partial charge is 0.495 e. The third-order valence-electron chi connectivity index (χ3n) is 2.28. The Kier molecular flexibility index (Phi) is 3.78. The molecule has 5 heteroatoms. The van der Waals surface area contributed by atoms with Crippen LogP contribution in [0.1, 0.15) is 12.5 Å². The Morgan fingerprint density at radius 3 is 2.69 bits per heavy atom. The topological polar surface area (TPSA) is 72.5 Å². The van der Waals surface area contributed by atoms with Crippen molar-refractivity contribution in [1.82, 2.24) is 0 Å². The van der Waals surface area contributed by atoms with Crippen molar-refractivity contribution in [3.8, 4) is 5.75 Å². The standard InChI is InChI=1S/C11H14ClNO3/c1-11(13,10(14)15)6-7-3-4-9(16-2)8(12)5-7/h3-5H,6,13H2,1-2H3,(H,14,15). The highest BCUT2D eigenvalue weighted by molar-refractivity contribution is 6.32. The second-order valence-corrected chi connectivity index (χ2v) is 4.28. The highest BCUT2D eigenvalue weighted by Gasteiger charge is 2.28. The van der Waals surface area contributed by atoms with E-state index in [0.717, 1.165) is 5.56 Å². The summed E-state index contributed by atoms with van der Waals surface area (Å²) in [5.74, 6) is -0.487. The molecule has 1 rings (SSSR count). The van der Waals surface area contributed by atoms with Gasteiger partial charge in [-0.25, -0.2) is 0 Å². The minimum absolute atomic E-state index is 0.214. The van der Waals surface area contributed by atoms with E-state index >= 15 is 0 Å². The maximum Gasteiger partial charge on any atom is 0.323 e. The van der Waals surface area contributed by atoms with Crippen LogP contribution in [0.2, 0.25) is 5.02 Å². The van der Waals surface area contributed by atoms with Crippen LogP contribution >= 0.6 is 11.6 Å². The third kappa shape index (κ3) is 2.87. The number of hydrogen-bond acceptors (Lipinski definition) is 3. The van der Waals surface area contributed by atoms with Crippen molar-refractivity contribution in [2.75, 3.05) is 7.11 Å². The summed E-state index contributed by atoms with van der Waals surface area (Å²) in [6.07, 6.45) is 0.214. The fourth-order valence-corrected chi connectivity index (χ4v) is 1.60. The Balaban J connectivity index is 2.91. The number of ether oxygens (including phenoxy) is 1. The minimum atomic E-state index is -1.29. The maximum absolute atomic E-state index is 10.9. The number of carbonyl (C=O) groups is 1. The molecule has 0 radical (unpaired) electrons. The lowest BCUT2D eigenvalue weighted by molar-refractivity contribution is -0.142. The van der Waals surface area contributed by atoms with Crippen molar-refractivity contribution < 1.29 is 14.6 Å².